The number of carbonyl (C=O) groups excluding carboxylic acids is 1. The first-order valence-electron chi connectivity index (χ1n) is 5.12. The fourth-order valence-electron chi connectivity index (χ4n) is 1.43. The van der Waals surface area contributed by atoms with Crippen molar-refractivity contribution in [3.63, 3.8) is 0 Å². The molecule has 0 aliphatic rings. The highest BCUT2D eigenvalue weighted by molar-refractivity contribution is 6.17. The molecule has 1 heterocycles. The van der Waals surface area contributed by atoms with Crippen LogP contribution in [0.5, 0.6) is 0 Å². The average Bonchev–Trinajstić information content (AvgIpc) is 2.90. The van der Waals surface area contributed by atoms with Crippen LogP contribution >= 0.6 is 11.6 Å². The first-order chi connectivity index (χ1) is 8.29. The third-order valence-electron chi connectivity index (χ3n) is 2.27. The van der Waals surface area contributed by atoms with Crippen LogP contribution in [0.15, 0.2) is 41.1 Å². The van der Waals surface area contributed by atoms with Crippen LogP contribution in [0.1, 0.15) is 21.6 Å². The van der Waals surface area contributed by atoms with Crippen molar-refractivity contribution in [1.82, 2.24) is 10.5 Å². The van der Waals surface area contributed by atoms with Crippen LogP contribution in [-0.4, -0.2) is 11.1 Å². The highest BCUT2D eigenvalue weighted by Gasteiger charge is 2.07. The lowest BCUT2D eigenvalue weighted by molar-refractivity contribution is 0.0942. The molecule has 0 bridgehead atoms. The van der Waals surface area contributed by atoms with Gasteiger partial charge in [-0.1, -0.05) is 29.4 Å². The van der Waals surface area contributed by atoms with Crippen molar-refractivity contribution in [2.24, 2.45) is 0 Å². The van der Waals surface area contributed by atoms with E-state index in [-0.39, 0.29) is 11.6 Å². The van der Waals surface area contributed by atoms with Gasteiger partial charge in [0.05, 0.1) is 0 Å². The van der Waals surface area contributed by atoms with E-state index < -0.39 is 0 Å². The molecule has 0 saturated carbocycles. The van der Waals surface area contributed by atoms with Gasteiger partial charge in [0.15, 0.2) is 5.69 Å². The van der Waals surface area contributed by atoms with Gasteiger partial charge in [0.2, 0.25) is 0 Å². The smallest absolute Gasteiger partial charge is 0.273 e. The van der Waals surface area contributed by atoms with Crippen molar-refractivity contribution in [2.75, 3.05) is 0 Å². The molecule has 0 aliphatic heterocycles. The number of alkyl halides is 1. The van der Waals surface area contributed by atoms with Gasteiger partial charge in [0, 0.05) is 18.5 Å². The number of carbonyl (C=O) groups is 1. The summed E-state index contributed by atoms with van der Waals surface area (Å²) >= 11 is 5.73. The van der Waals surface area contributed by atoms with Gasteiger partial charge >= 0.3 is 0 Å². The summed E-state index contributed by atoms with van der Waals surface area (Å²) in [7, 11) is 0. The van der Waals surface area contributed by atoms with Gasteiger partial charge in [-0.25, -0.2) is 0 Å². The summed E-state index contributed by atoms with van der Waals surface area (Å²) in [5.41, 5.74) is 2.30. The second kappa shape index (κ2) is 5.50. The number of hydrogen-bond donors (Lipinski definition) is 1. The average molecular weight is 251 g/mol. The topological polar surface area (TPSA) is 55.1 Å². The van der Waals surface area contributed by atoms with E-state index in [9.17, 15) is 4.79 Å². The third-order valence-corrected chi connectivity index (χ3v) is 2.58. The van der Waals surface area contributed by atoms with Crippen LogP contribution < -0.4 is 5.32 Å². The second-order valence-corrected chi connectivity index (χ2v) is 3.79. The number of rotatable bonds is 4. The molecule has 4 nitrogen and oxygen atoms in total. The highest BCUT2D eigenvalue weighted by atomic mass is 35.5. The summed E-state index contributed by atoms with van der Waals surface area (Å²) < 4.78 is 4.60. The standard InChI is InChI=1S/C12H11ClN2O2/c13-7-9-2-1-3-10(6-9)8-14-12(16)11-4-5-17-15-11/h1-6H,7-8H2,(H,14,16). The van der Waals surface area contributed by atoms with Gasteiger partial charge in [0.25, 0.3) is 5.91 Å². The lowest BCUT2D eigenvalue weighted by atomic mass is 10.1. The maximum atomic E-state index is 11.6. The summed E-state index contributed by atoms with van der Waals surface area (Å²) in [6.45, 7) is 0.441. The predicted molar refractivity (Wildman–Crippen MR) is 63.7 cm³/mol. The Morgan fingerprint density at radius 1 is 1.35 bits per heavy atom. The summed E-state index contributed by atoms with van der Waals surface area (Å²) in [5, 5.41) is 6.30. The fourth-order valence-corrected chi connectivity index (χ4v) is 1.59. The van der Waals surface area contributed by atoms with Gasteiger partial charge in [-0.05, 0) is 11.1 Å². The zero-order chi connectivity index (χ0) is 12.1. The van der Waals surface area contributed by atoms with Crippen LogP contribution in [-0.2, 0) is 12.4 Å². The van der Waals surface area contributed by atoms with Crippen LogP contribution in [0.2, 0.25) is 0 Å². The molecule has 0 fully saturated rings. The Bertz CT molecular complexity index is 497. The molecular formula is C12H11ClN2O2. The van der Waals surface area contributed by atoms with Gasteiger partial charge in [-0.2, -0.15) is 0 Å². The molecule has 0 radical (unpaired) electrons. The van der Waals surface area contributed by atoms with Crippen molar-refractivity contribution in [3.05, 3.63) is 53.4 Å². The molecule has 1 N–H and O–H groups in total. The van der Waals surface area contributed by atoms with Crippen LogP contribution in [0.25, 0.3) is 0 Å². The van der Waals surface area contributed by atoms with E-state index in [1.165, 1.54) is 12.3 Å². The minimum absolute atomic E-state index is 0.255. The molecule has 2 rings (SSSR count). The van der Waals surface area contributed by atoms with E-state index in [0.717, 1.165) is 11.1 Å². The minimum Gasteiger partial charge on any atom is -0.364 e. The van der Waals surface area contributed by atoms with Crippen molar-refractivity contribution in [2.45, 2.75) is 12.4 Å². The molecule has 2 aromatic rings. The molecule has 0 atom stereocenters. The van der Waals surface area contributed by atoms with Crippen molar-refractivity contribution >= 4 is 17.5 Å². The van der Waals surface area contributed by atoms with E-state index in [0.29, 0.717) is 12.4 Å². The van der Waals surface area contributed by atoms with Gasteiger partial charge in [-0.15, -0.1) is 11.6 Å². The van der Waals surface area contributed by atoms with Gasteiger partial charge in [-0.3, -0.25) is 4.79 Å². The fraction of sp³-hybridized carbons (Fsp3) is 0.167. The number of nitrogens with zero attached hydrogens (tertiary/aromatic N) is 1. The molecular weight excluding hydrogens is 240 g/mol. The predicted octanol–water partition coefficient (Wildman–Crippen LogP) is 2.34. The summed E-state index contributed by atoms with van der Waals surface area (Å²) in [4.78, 5) is 11.6. The first-order valence-corrected chi connectivity index (χ1v) is 5.65. The van der Waals surface area contributed by atoms with Crippen LogP contribution in [0.3, 0.4) is 0 Å². The summed E-state index contributed by atoms with van der Waals surface area (Å²) in [5.74, 6) is 0.209. The molecule has 0 aliphatic carbocycles. The number of hydrogen-bond acceptors (Lipinski definition) is 3. The van der Waals surface area contributed by atoms with E-state index in [1.54, 1.807) is 0 Å². The number of amides is 1. The lowest BCUT2D eigenvalue weighted by Crippen LogP contribution is -2.23. The van der Waals surface area contributed by atoms with E-state index in [1.807, 2.05) is 24.3 Å². The zero-order valence-corrected chi connectivity index (χ0v) is 9.78. The normalized spacial score (nSPS) is 10.2. The van der Waals surface area contributed by atoms with E-state index in [2.05, 4.69) is 15.0 Å². The first kappa shape index (κ1) is 11.7. The Balaban J connectivity index is 1.95. The maximum absolute atomic E-state index is 11.6. The van der Waals surface area contributed by atoms with Crippen molar-refractivity contribution < 1.29 is 9.32 Å². The molecule has 5 heteroatoms. The Morgan fingerprint density at radius 2 is 2.18 bits per heavy atom. The monoisotopic (exact) mass is 250 g/mol. The Morgan fingerprint density at radius 3 is 2.88 bits per heavy atom. The van der Waals surface area contributed by atoms with Crippen molar-refractivity contribution in [3.8, 4) is 0 Å². The molecule has 1 aromatic carbocycles. The molecule has 88 valence electrons. The van der Waals surface area contributed by atoms with E-state index >= 15 is 0 Å². The summed E-state index contributed by atoms with van der Waals surface area (Å²) in [6, 6.07) is 9.25. The SMILES string of the molecule is O=C(NCc1cccc(CCl)c1)c1ccon1. The molecule has 0 saturated heterocycles. The third kappa shape index (κ3) is 3.07. The van der Waals surface area contributed by atoms with Crippen molar-refractivity contribution in [1.29, 1.82) is 0 Å². The second-order valence-electron chi connectivity index (χ2n) is 3.52. The Hall–Kier alpha value is -1.81. The van der Waals surface area contributed by atoms with Crippen LogP contribution in [0, 0.1) is 0 Å². The van der Waals surface area contributed by atoms with Crippen LogP contribution in [0.4, 0.5) is 0 Å². The number of benzene rings is 1. The number of nitrogens with one attached hydrogen (secondary N) is 1. The molecule has 0 spiro atoms. The largest absolute Gasteiger partial charge is 0.364 e. The lowest BCUT2D eigenvalue weighted by Gasteiger charge is -2.04. The number of aromatic nitrogens is 1. The Labute approximate surface area is 104 Å². The highest BCUT2D eigenvalue weighted by Crippen LogP contribution is 2.07. The quantitative estimate of drug-likeness (QED) is 0.848. The zero-order valence-electron chi connectivity index (χ0n) is 9.02. The van der Waals surface area contributed by atoms with Gasteiger partial charge in [0.1, 0.15) is 6.26 Å². The van der Waals surface area contributed by atoms with E-state index in [4.69, 9.17) is 11.6 Å². The summed E-state index contributed by atoms with van der Waals surface area (Å²) in [6.07, 6.45) is 1.36. The maximum Gasteiger partial charge on any atom is 0.273 e. The molecule has 1 amide bonds. The molecule has 0 unspecified atom stereocenters. The van der Waals surface area contributed by atoms with Gasteiger partial charge < -0.3 is 9.84 Å². The number of halogens is 1. The Kier molecular flexibility index (Phi) is 3.77. The minimum atomic E-state index is -0.255. The molecule has 1 aromatic heterocycles. The molecule has 17 heavy (non-hydrogen) atoms.